The van der Waals surface area contributed by atoms with Crippen LogP contribution in [0.2, 0.25) is 0 Å². The van der Waals surface area contributed by atoms with E-state index in [4.69, 9.17) is 0 Å². The zero-order valence-corrected chi connectivity index (χ0v) is 16.4. The molecular weight excluding hydrogens is 396 g/mol. The van der Waals surface area contributed by atoms with Gasteiger partial charge in [-0.25, -0.2) is 0 Å². The van der Waals surface area contributed by atoms with Gasteiger partial charge in [0.05, 0.1) is 0 Å². The number of aromatic nitrogens is 1. The normalized spacial score (nSPS) is 19.5. The molecule has 0 radical (unpaired) electrons. The second-order valence-corrected chi connectivity index (χ2v) is 8.11. The summed E-state index contributed by atoms with van der Waals surface area (Å²) in [7, 11) is 0. The monoisotopic (exact) mass is 416 g/mol. The van der Waals surface area contributed by atoms with Crippen LogP contribution < -0.4 is 5.32 Å². The van der Waals surface area contributed by atoms with E-state index in [0.29, 0.717) is 12.1 Å². The quantitative estimate of drug-likeness (QED) is 0.567. The minimum atomic E-state index is 0. The first-order valence-corrected chi connectivity index (χ1v) is 9.70. The Hall–Kier alpha value is -1.29. The molecule has 2 aliphatic carbocycles. The molecule has 2 aliphatic rings. The Kier molecular flexibility index (Phi) is 4.65. The number of halogens is 2. The first-order chi connectivity index (χ1) is 11.8. The van der Waals surface area contributed by atoms with Gasteiger partial charge in [0.15, 0.2) is 0 Å². The minimum Gasteiger partial charge on any atom is -0.357 e. The van der Waals surface area contributed by atoms with E-state index in [1.807, 2.05) is 0 Å². The fourth-order valence-electron chi connectivity index (χ4n) is 4.56. The summed E-state index contributed by atoms with van der Waals surface area (Å²) < 4.78 is 1.16. The SMILES string of the molecule is Brc1ccc2[nH]c3c(c2c1)CCC[C@H]3NC1Cc2ccccc2C1.Cl. The Morgan fingerprint density at radius 1 is 1.04 bits per heavy atom. The predicted molar refractivity (Wildman–Crippen MR) is 110 cm³/mol. The molecule has 0 aliphatic heterocycles. The molecule has 0 saturated heterocycles. The first kappa shape index (κ1) is 17.1. The molecule has 2 aromatic carbocycles. The second-order valence-electron chi connectivity index (χ2n) is 7.19. The van der Waals surface area contributed by atoms with Crippen LogP contribution in [-0.4, -0.2) is 11.0 Å². The molecule has 1 heterocycles. The molecular formula is C21H22BrClN2. The number of hydrogen-bond donors (Lipinski definition) is 2. The van der Waals surface area contributed by atoms with Gasteiger partial charge in [-0.15, -0.1) is 12.4 Å². The number of benzene rings is 2. The summed E-state index contributed by atoms with van der Waals surface area (Å²) in [6.07, 6.45) is 6.01. The molecule has 0 unspecified atom stereocenters. The molecule has 0 spiro atoms. The van der Waals surface area contributed by atoms with Crippen molar-refractivity contribution in [3.05, 3.63) is 69.3 Å². The van der Waals surface area contributed by atoms with E-state index < -0.39 is 0 Å². The van der Waals surface area contributed by atoms with Crippen molar-refractivity contribution in [1.82, 2.24) is 10.3 Å². The molecule has 1 atom stereocenters. The number of aryl methyl sites for hydroxylation is 1. The number of aromatic amines is 1. The third-order valence-electron chi connectivity index (χ3n) is 5.66. The molecule has 0 fully saturated rings. The van der Waals surface area contributed by atoms with Gasteiger partial charge >= 0.3 is 0 Å². The van der Waals surface area contributed by atoms with Crippen molar-refractivity contribution >= 4 is 39.2 Å². The van der Waals surface area contributed by atoms with Crippen molar-refractivity contribution in [2.45, 2.75) is 44.2 Å². The molecule has 25 heavy (non-hydrogen) atoms. The highest BCUT2D eigenvalue weighted by Gasteiger charge is 2.28. The van der Waals surface area contributed by atoms with Crippen LogP contribution in [0.25, 0.3) is 10.9 Å². The van der Waals surface area contributed by atoms with Gasteiger partial charge in [-0.1, -0.05) is 40.2 Å². The molecule has 4 heteroatoms. The van der Waals surface area contributed by atoms with Gasteiger partial charge in [0.2, 0.25) is 0 Å². The minimum absolute atomic E-state index is 0. The lowest BCUT2D eigenvalue weighted by Gasteiger charge is -2.27. The maximum absolute atomic E-state index is 3.95. The average molecular weight is 418 g/mol. The highest BCUT2D eigenvalue weighted by Crippen LogP contribution is 2.36. The number of nitrogens with one attached hydrogen (secondary N) is 2. The van der Waals surface area contributed by atoms with Crippen molar-refractivity contribution in [3.63, 3.8) is 0 Å². The Labute approximate surface area is 162 Å². The van der Waals surface area contributed by atoms with E-state index in [-0.39, 0.29) is 12.4 Å². The summed E-state index contributed by atoms with van der Waals surface area (Å²) in [5.41, 5.74) is 7.25. The standard InChI is InChI=1S/C21H21BrN2.ClH/c22-15-8-9-19-18(12-15)17-6-3-7-20(21(17)24-19)23-16-10-13-4-1-2-5-14(13)11-16;/h1-2,4-5,8-9,12,16,20,23-24H,3,6-7,10-11H2;1H/t20-;/m1./s1. The summed E-state index contributed by atoms with van der Waals surface area (Å²) in [6.45, 7) is 0. The number of H-pyrrole nitrogens is 1. The zero-order valence-electron chi connectivity index (χ0n) is 14.0. The third-order valence-corrected chi connectivity index (χ3v) is 6.15. The smallest absolute Gasteiger partial charge is 0.0478 e. The average Bonchev–Trinajstić information content (AvgIpc) is 3.16. The van der Waals surface area contributed by atoms with Crippen LogP contribution in [0.15, 0.2) is 46.9 Å². The number of fused-ring (bicyclic) bond motifs is 4. The van der Waals surface area contributed by atoms with E-state index in [2.05, 4.69) is 68.7 Å². The lowest BCUT2D eigenvalue weighted by molar-refractivity contribution is 0.396. The van der Waals surface area contributed by atoms with Crippen molar-refractivity contribution in [2.75, 3.05) is 0 Å². The fraction of sp³-hybridized carbons (Fsp3) is 0.333. The van der Waals surface area contributed by atoms with Gasteiger partial charge in [-0.3, -0.25) is 0 Å². The van der Waals surface area contributed by atoms with Gasteiger partial charge < -0.3 is 10.3 Å². The lowest BCUT2D eigenvalue weighted by Crippen LogP contribution is -2.35. The molecule has 1 aromatic heterocycles. The van der Waals surface area contributed by atoms with Crippen molar-refractivity contribution < 1.29 is 0 Å². The molecule has 5 rings (SSSR count). The Morgan fingerprint density at radius 2 is 1.80 bits per heavy atom. The maximum atomic E-state index is 3.95. The molecule has 2 nitrogen and oxygen atoms in total. The van der Waals surface area contributed by atoms with Crippen LogP contribution in [-0.2, 0) is 19.3 Å². The van der Waals surface area contributed by atoms with E-state index in [0.717, 1.165) is 17.3 Å². The summed E-state index contributed by atoms with van der Waals surface area (Å²) in [4.78, 5) is 3.71. The summed E-state index contributed by atoms with van der Waals surface area (Å²) in [5.74, 6) is 0. The lowest BCUT2D eigenvalue weighted by atomic mass is 9.91. The van der Waals surface area contributed by atoms with Crippen LogP contribution >= 0.6 is 28.3 Å². The fourth-order valence-corrected chi connectivity index (χ4v) is 4.92. The van der Waals surface area contributed by atoms with Gasteiger partial charge in [0.25, 0.3) is 0 Å². The van der Waals surface area contributed by atoms with Crippen molar-refractivity contribution in [2.24, 2.45) is 0 Å². The van der Waals surface area contributed by atoms with Crippen LogP contribution in [0.5, 0.6) is 0 Å². The molecule has 3 aromatic rings. The summed E-state index contributed by atoms with van der Waals surface area (Å²) in [5, 5.41) is 5.34. The van der Waals surface area contributed by atoms with E-state index in [9.17, 15) is 0 Å². The predicted octanol–water partition coefficient (Wildman–Crippen LogP) is 5.49. The van der Waals surface area contributed by atoms with Gasteiger partial charge in [-0.05, 0) is 67.0 Å². The van der Waals surface area contributed by atoms with Gasteiger partial charge in [-0.2, -0.15) is 0 Å². The Balaban J connectivity index is 0.00000157. The van der Waals surface area contributed by atoms with Crippen LogP contribution in [0.1, 0.15) is 41.3 Å². The van der Waals surface area contributed by atoms with Crippen molar-refractivity contribution in [1.29, 1.82) is 0 Å². The highest BCUT2D eigenvalue weighted by atomic mass is 79.9. The van der Waals surface area contributed by atoms with E-state index in [1.54, 1.807) is 0 Å². The number of hydrogen-bond acceptors (Lipinski definition) is 1. The zero-order chi connectivity index (χ0) is 16.1. The molecule has 130 valence electrons. The molecule has 0 saturated carbocycles. The molecule has 2 N–H and O–H groups in total. The Morgan fingerprint density at radius 3 is 2.56 bits per heavy atom. The van der Waals surface area contributed by atoms with Gasteiger partial charge in [0, 0.05) is 33.2 Å². The molecule has 0 amide bonds. The van der Waals surface area contributed by atoms with E-state index >= 15 is 0 Å². The first-order valence-electron chi connectivity index (χ1n) is 8.91. The third kappa shape index (κ3) is 3.03. The van der Waals surface area contributed by atoms with Crippen LogP contribution in [0.3, 0.4) is 0 Å². The molecule has 0 bridgehead atoms. The van der Waals surface area contributed by atoms with Gasteiger partial charge in [0.1, 0.15) is 0 Å². The summed E-state index contributed by atoms with van der Waals surface area (Å²) in [6, 6.07) is 16.5. The van der Waals surface area contributed by atoms with Crippen molar-refractivity contribution in [3.8, 4) is 0 Å². The van der Waals surface area contributed by atoms with Crippen LogP contribution in [0, 0.1) is 0 Å². The number of rotatable bonds is 2. The maximum Gasteiger partial charge on any atom is 0.0478 e. The second kappa shape index (κ2) is 6.79. The largest absolute Gasteiger partial charge is 0.357 e. The summed E-state index contributed by atoms with van der Waals surface area (Å²) >= 11 is 3.62. The van der Waals surface area contributed by atoms with Crippen LogP contribution in [0.4, 0.5) is 0 Å². The Bertz CT molecular complexity index is 892. The highest BCUT2D eigenvalue weighted by molar-refractivity contribution is 9.10. The van der Waals surface area contributed by atoms with E-state index in [1.165, 1.54) is 52.5 Å². The topological polar surface area (TPSA) is 27.8 Å².